The molecular formula is C11H14FN5. The van der Waals surface area contributed by atoms with E-state index in [0.717, 1.165) is 5.56 Å². The summed E-state index contributed by atoms with van der Waals surface area (Å²) in [5.41, 5.74) is 0.759. The van der Waals surface area contributed by atoms with Crippen LogP contribution in [0.3, 0.4) is 0 Å². The third kappa shape index (κ3) is 2.85. The normalized spacial score (nSPS) is 12.6. The van der Waals surface area contributed by atoms with Gasteiger partial charge in [-0.25, -0.2) is 4.39 Å². The number of tetrazole rings is 1. The molecule has 1 aromatic carbocycles. The standard InChI is InChI=1S/C11H14FN5/c1-8(13-2)7-17-15-11(14-16-17)9-3-5-10(12)6-4-9/h3-6,8,13H,7H2,1-2H3/t8-/m0/s1. The number of benzene rings is 1. The van der Waals surface area contributed by atoms with E-state index in [0.29, 0.717) is 12.4 Å². The van der Waals surface area contributed by atoms with Crippen molar-refractivity contribution < 1.29 is 4.39 Å². The molecule has 0 unspecified atom stereocenters. The Hall–Kier alpha value is -1.82. The molecule has 90 valence electrons. The van der Waals surface area contributed by atoms with E-state index in [4.69, 9.17) is 0 Å². The molecule has 0 saturated carbocycles. The number of rotatable bonds is 4. The molecule has 0 aliphatic heterocycles. The monoisotopic (exact) mass is 235 g/mol. The maximum Gasteiger partial charge on any atom is 0.204 e. The van der Waals surface area contributed by atoms with Crippen molar-refractivity contribution in [2.75, 3.05) is 7.05 Å². The summed E-state index contributed by atoms with van der Waals surface area (Å²) in [6, 6.07) is 6.31. The molecule has 0 fully saturated rings. The van der Waals surface area contributed by atoms with Gasteiger partial charge in [0.1, 0.15) is 5.82 Å². The minimum atomic E-state index is -0.273. The third-order valence-corrected chi connectivity index (χ3v) is 2.49. The molecule has 0 aliphatic carbocycles. The Labute approximate surface area is 98.6 Å². The highest BCUT2D eigenvalue weighted by molar-refractivity contribution is 5.53. The van der Waals surface area contributed by atoms with Crippen LogP contribution in [0.4, 0.5) is 4.39 Å². The van der Waals surface area contributed by atoms with Gasteiger partial charge in [-0.05, 0) is 43.5 Å². The number of aromatic nitrogens is 4. The van der Waals surface area contributed by atoms with E-state index < -0.39 is 0 Å². The number of hydrogen-bond acceptors (Lipinski definition) is 4. The lowest BCUT2D eigenvalue weighted by Crippen LogP contribution is -2.27. The number of nitrogens with zero attached hydrogens (tertiary/aromatic N) is 4. The molecule has 0 radical (unpaired) electrons. The minimum Gasteiger partial charge on any atom is -0.315 e. The number of likely N-dealkylation sites (N-methyl/N-ethyl adjacent to an activating group) is 1. The fourth-order valence-corrected chi connectivity index (χ4v) is 1.37. The summed E-state index contributed by atoms with van der Waals surface area (Å²) in [5.74, 6) is 0.234. The molecule has 17 heavy (non-hydrogen) atoms. The SMILES string of the molecule is CN[C@@H](C)Cn1nnc(-c2ccc(F)cc2)n1. The topological polar surface area (TPSA) is 55.6 Å². The second kappa shape index (κ2) is 5.01. The van der Waals surface area contributed by atoms with E-state index in [1.54, 1.807) is 12.1 Å². The highest BCUT2D eigenvalue weighted by Gasteiger charge is 2.07. The maximum atomic E-state index is 12.8. The molecule has 5 nitrogen and oxygen atoms in total. The van der Waals surface area contributed by atoms with Crippen molar-refractivity contribution in [2.24, 2.45) is 0 Å². The highest BCUT2D eigenvalue weighted by Crippen LogP contribution is 2.13. The molecule has 1 N–H and O–H groups in total. The lowest BCUT2D eigenvalue weighted by Gasteiger charge is -2.06. The van der Waals surface area contributed by atoms with Gasteiger partial charge in [0.05, 0.1) is 6.54 Å². The summed E-state index contributed by atoms with van der Waals surface area (Å²) in [6.07, 6.45) is 0. The summed E-state index contributed by atoms with van der Waals surface area (Å²) in [4.78, 5) is 1.53. The van der Waals surface area contributed by atoms with Crippen LogP contribution < -0.4 is 5.32 Å². The maximum absolute atomic E-state index is 12.8. The number of nitrogens with one attached hydrogen (secondary N) is 1. The van der Waals surface area contributed by atoms with Gasteiger partial charge >= 0.3 is 0 Å². The van der Waals surface area contributed by atoms with Crippen LogP contribution in [0.1, 0.15) is 6.92 Å². The zero-order chi connectivity index (χ0) is 12.3. The van der Waals surface area contributed by atoms with Crippen LogP contribution in [0.15, 0.2) is 24.3 Å². The average Bonchev–Trinajstić information content (AvgIpc) is 2.78. The largest absolute Gasteiger partial charge is 0.315 e. The summed E-state index contributed by atoms with van der Waals surface area (Å²) < 4.78 is 12.8. The minimum absolute atomic E-state index is 0.269. The molecule has 0 bridgehead atoms. The predicted octanol–water partition coefficient (Wildman–Crippen LogP) is 1.09. The van der Waals surface area contributed by atoms with Crippen LogP contribution in [-0.4, -0.2) is 33.3 Å². The Kier molecular flexibility index (Phi) is 3.43. The van der Waals surface area contributed by atoms with Crippen molar-refractivity contribution in [2.45, 2.75) is 19.5 Å². The van der Waals surface area contributed by atoms with Crippen LogP contribution in [0.5, 0.6) is 0 Å². The van der Waals surface area contributed by atoms with Crippen molar-refractivity contribution in [1.82, 2.24) is 25.5 Å². The first-order valence-electron chi connectivity index (χ1n) is 5.40. The molecular weight excluding hydrogens is 221 g/mol. The van der Waals surface area contributed by atoms with Crippen LogP contribution in [0.25, 0.3) is 11.4 Å². The second-order valence-electron chi connectivity index (χ2n) is 3.86. The molecule has 0 saturated heterocycles. The highest BCUT2D eigenvalue weighted by atomic mass is 19.1. The molecule has 0 amide bonds. The summed E-state index contributed by atoms with van der Waals surface area (Å²) in [5, 5.41) is 15.2. The van der Waals surface area contributed by atoms with E-state index in [-0.39, 0.29) is 11.9 Å². The van der Waals surface area contributed by atoms with Gasteiger partial charge in [-0.15, -0.1) is 10.2 Å². The zero-order valence-corrected chi connectivity index (χ0v) is 9.76. The molecule has 0 spiro atoms. The Morgan fingerprint density at radius 3 is 2.71 bits per heavy atom. The van der Waals surface area contributed by atoms with Gasteiger partial charge in [-0.1, -0.05) is 0 Å². The number of halogens is 1. The third-order valence-electron chi connectivity index (χ3n) is 2.49. The molecule has 2 rings (SSSR count). The van der Waals surface area contributed by atoms with Crippen molar-refractivity contribution >= 4 is 0 Å². The summed E-state index contributed by atoms with van der Waals surface area (Å²) in [7, 11) is 1.88. The summed E-state index contributed by atoms with van der Waals surface area (Å²) in [6.45, 7) is 2.67. The molecule has 1 aromatic heterocycles. The van der Waals surface area contributed by atoms with Gasteiger partial charge < -0.3 is 5.32 Å². The van der Waals surface area contributed by atoms with E-state index >= 15 is 0 Å². The van der Waals surface area contributed by atoms with Crippen LogP contribution in [0, 0.1) is 5.82 Å². The Bertz CT molecular complexity index is 479. The summed E-state index contributed by atoms with van der Waals surface area (Å²) >= 11 is 0. The molecule has 2 aromatic rings. The molecule has 6 heteroatoms. The molecule has 0 aliphatic rings. The van der Waals surface area contributed by atoms with E-state index in [1.807, 2.05) is 14.0 Å². The van der Waals surface area contributed by atoms with Gasteiger partial charge in [-0.2, -0.15) is 4.80 Å². The lowest BCUT2D eigenvalue weighted by molar-refractivity contribution is 0.433. The molecule has 1 heterocycles. The van der Waals surface area contributed by atoms with Gasteiger partial charge in [0.15, 0.2) is 0 Å². The first kappa shape index (κ1) is 11.7. The van der Waals surface area contributed by atoms with Gasteiger partial charge in [0.2, 0.25) is 5.82 Å². The first-order chi connectivity index (χ1) is 8.19. The van der Waals surface area contributed by atoms with Crippen molar-refractivity contribution in [3.8, 4) is 11.4 Å². The quantitative estimate of drug-likeness (QED) is 0.861. The zero-order valence-electron chi connectivity index (χ0n) is 9.76. The van der Waals surface area contributed by atoms with E-state index in [1.165, 1.54) is 16.9 Å². The average molecular weight is 235 g/mol. The lowest BCUT2D eigenvalue weighted by atomic mass is 10.2. The van der Waals surface area contributed by atoms with Crippen molar-refractivity contribution in [1.29, 1.82) is 0 Å². The van der Waals surface area contributed by atoms with Crippen LogP contribution in [-0.2, 0) is 6.54 Å². The van der Waals surface area contributed by atoms with Crippen molar-refractivity contribution in [3.05, 3.63) is 30.1 Å². The fourth-order valence-electron chi connectivity index (χ4n) is 1.37. The predicted molar refractivity (Wildman–Crippen MR) is 61.7 cm³/mol. The van der Waals surface area contributed by atoms with Crippen molar-refractivity contribution in [3.63, 3.8) is 0 Å². The smallest absolute Gasteiger partial charge is 0.204 e. The van der Waals surface area contributed by atoms with Gasteiger partial charge in [0, 0.05) is 11.6 Å². The van der Waals surface area contributed by atoms with Crippen LogP contribution >= 0.6 is 0 Å². The Morgan fingerprint density at radius 2 is 2.06 bits per heavy atom. The first-order valence-corrected chi connectivity index (χ1v) is 5.40. The Balaban J connectivity index is 2.15. The second-order valence-corrected chi connectivity index (χ2v) is 3.86. The van der Waals surface area contributed by atoms with Gasteiger partial charge in [-0.3, -0.25) is 0 Å². The van der Waals surface area contributed by atoms with E-state index in [2.05, 4.69) is 20.7 Å². The van der Waals surface area contributed by atoms with Gasteiger partial charge in [0.25, 0.3) is 0 Å². The number of hydrogen-bond donors (Lipinski definition) is 1. The van der Waals surface area contributed by atoms with E-state index in [9.17, 15) is 4.39 Å². The fraction of sp³-hybridized carbons (Fsp3) is 0.364. The Morgan fingerprint density at radius 1 is 1.35 bits per heavy atom. The van der Waals surface area contributed by atoms with Crippen LogP contribution in [0.2, 0.25) is 0 Å². The molecule has 1 atom stereocenters.